The normalized spacial score (nSPS) is 21.5. The van der Waals surface area contributed by atoms with Crippen LogP contribution in [0.3, 0.4) is 0 Å². The van der Waals surface area contributed by atoms with Gasteiger partial charge in [-0.05, 0) is 25.7 Å². The summed E-state index contributed by atoms with van der Waals surface area (Å²) in [6.45, 7) is 5.62. The van der Waals surface area contributed by atoms with Gasteiger partial charge in [-0.15, -0.1) is 0 Å². The van der Waals surface area contributed by atoms with Gasteiger partial charge in [0, 0.05) is 32.7 Å². The van der Waals surface area contributed by atoms with Crippen molar-refractivity contribution in [1.29, 1.82) is 0 Å². The van der Waals surface area contributed by atoms with E-state index in [9.17, 15) is 9.90 Å². The van der Waals surface area contributed by atoms with Crippen LogP contribution in [0.15, 0.2) is 0 Å². The van der Waals surface area contributed by atoms with Gasteiger partial charge in [-0.3, -0.25) is 4.79 Å². The Hall–Kier alpha value is -0.610. The minimum Gasteiger partial charge on any atom is -0.392 e. The molecule has 16 heavy (non-hydrogen) atoms. The highest BCUT2D eigenvalue weighted by molar-refractivity contribution is 5.78. The molecule has 94 valence electrons. The molecular formula is C12H23NO3. The number of likely N-dealkylation sites (N-methyl/N-ethyl adjacent to an activating group) is 1. The van der Waals surface area contributed by atoms with Crippen LogP contribution in [0.2, 0.25) is 0 Å². The monoisotopic (exact) mass is 229 g/mol. The molecule has 0 aromatic heterocycles. The first-order valence-corrected chi connectivity index (χ1v) is 6.03. The molecule has 1 saturated heterocycles. The number of nitrogens with zero attached hydrogens (tertiary/aromatic N) is 1. The molecule has 4 heteroatoms. The third-order valence-electron chi connectivity index (χ3n) is 3.28. The summed E-state index contributed by atoms with van der Waals surface area (Å²) in [5, 5.41) is 9.25. The Morgan fingerprint density at radius 2 is 2.00 bits per heavy atom. The second kappa shape index (κ2) is 6.21. The van der Waals surface area contributed by atoms with Crippen molar-refractivity contribution >= 4 is 5.91 Å². The van der Waals surface area contributed by atoms with Crippen molar-refractivity contribution in [3.05, 3.63) is 0 Å². The third-order valence-corrected chi connectivity index (χ3v) is 3.28. The Balaban J connectivity index is 2.45. The smallest absolute Gasteiger partial charge is 0.225 e. The molecule has 1 amide bonds. The van der Waals surface area contributed by atoms with Crippen LogP contribution >= 0.6 is 0 Å². The number of hydrogen-bond donors (Lipinski definition) is 1. The van der Waals surface area contributed by atoms with E-state index in [-0.39, 0.29) is 11.8 Å². The maximum Gasteiger partial charge on any atom is 0.225 e. The Bertz CT molecular complexity index is 224. The van der Waals surface area contributed by atoms with E-state index in [1.54, 1.807) is 18.9 Å². The van der Waals surface area contributed by atoms with Crippen LogP contribution in [0.1, 0.15) is 26.7 Å². The number of amides is 1. The number of rotatable bonds is 4. The Morgan fingerprint density at radius 1 is 1.44 bits per heavy atom. The Kier molecular flexibility index (Phi) is 5.22. The summed E-state index contributed by atoms with van der Waals surface area (Å²) < 4.78 is 5.29. The maximum absolute atomic E-state index is 12.1. The van der Waals surface area contributed by atoms with E-state index in [1.807, 2.05) is 6.92 Å². The van der Waals surface area contributed by atoms with Crippen molar-refractivity contribution in [1.82, 2.24) is 4.90 Å². The van der Waals surface area contributed by atoms with Gasteiger partial charge >= 0.3 is 0 Å². The van der Waals surface area contributed by atoms with E-state index in [0.717, 1.165) is 26.1 Å². The first kappa shape index (κ1) is 13.5. The zero-order valence-corrected chi connectivity index (χ0v) is 10.5. The minimum atomic E-state index is -0.462. The molecule has 0 aromatic carbocycles. The molecular weight excluding hydrogens is 206 g/mol. The fraction of sp³-hybridized carbons (Fsp3) is 0.917. The Morgan fingerprint density at radius 3 is 2.50 bits per heavy atom. The first-order valence-electron chi connectivity index (χ1n) is 6.03. The largest absolute Gasteiger partial charge is 0.392 e. The molecule has 1 aliphatic heterocycles. The lowest BCUT2D eigenvalue weighted by molar-refractivity contribution is -0.137. The lowest BCUT2D eigenvalue weighted by atomic mass is 9.86. The third kappa shape index (κ3) is 3.76. The van der Waals surface area contributed by atoms with Crippen LogP contribution in [-0.2, 0) is 9.53 Å². The molecule has 1 aliphatic rings. The van der Waals surface area contributed by atoms with Crippen LogP contribution < -0.4 is 0 Å². The van der Waals surface area contributed by atoms with Gasteiger partial charge in [-0.25, -0.2) is 0 Å². The second-order valence-electron chi connectivity index (χ2n) is 4.81. The summed E-state index contributed by atoms with van der Waals surface area (Å²) in [4.78, 5) is 13.7. The molecule has 1 rings (SSSR count). The highest BCUT2D eigenvalue weighted by Gasteiger charge is 2.28. The molecule has 0 radical (unpaired) electrons. The summed E-state index contributed by atoms with van der Waals surface area (Å²) >= 11 is 0. The van der Waals surface area contributed by atoms with Gasteiger partial charge in [-0.2, -0.15) is 0 Å². The molecule has 0 aliphatic carbocycles. The number of ether oxygens (including phenoxy) is 1. The number of carbonyl (C=O) groups excluding carboxylic acids is 1. The summed E-state index contributed by atoms with van der Waals surface area (Å²) in [5.41, 5.74) is 0. The van der Waals surface area contributed by atoms with Crippen molar-refractivity contribution < 1.29 is 14.6 Å². The summed E-state index contributed by atoms with van der Waals surface area (Å²) in [6, 6.07) is 0. The topological polar surface area (TPSA) is 49.8 Å². The van der Waals surface area contributed by atoms with E-state index >= 15 is 0 Å². The molecule has 1 fully saturated rings. The highest BCUT2D eigenvalue weighted by Crippen LogP contribution is 2.24. The zero-order chi connectivity index (χ0) is 12.1. The van der Waals surface area contributed by atoms with Gasteiger partial charge in [0.25, 0.3) is 0 Å². The van der Waals surface area contributed by atoms with E-state index in [4.69, 9.17) is 4.74 Å². The molecule has 1 N–H and O–H groups in total. The second-order valence-corrected chi connectivity index (χ2v) is 4.81. The molecule has 4 nitrogen and oxygen atoms in total. The fourth-order valence-electron chi connectivity index (χ4n) is 2.25. The minimum absolute atomic E-state index is 0.0349. The van der Waals surface area contributed by atoms with E-state index < -0.39 is 6.10 Å². The lowest BCUT2D eigenvalue weighted by Gasteiger charge is -2.30. The van der Waals surface area contributed by atoms with Gasteiger partial charge in [0.2, 0.25) is 5.91 Å². The standard InChI is InChI=1S/C12H23NO3/c1-9(14)8-13(3)12(15)10(2)11-4-6-16-7-5-11/h9-11,14H,4-8H2,1-3H3. The highest BCUT2D eigenvalue weighted by atomic mass is 16.5. The molecule has 1 heterocycles. The Labute approximate surface area is 97.6 Å². The predicted octanol–water partition coefficient (Wildman–Crippen LogP) is 0.888. The average molecular weight is 229 g/mol. The molecule has 0 saturated carbocycles. The fourth-order valence-corrected chi connectivity index (χ4v) is 2.25. The number of aliphatic hydroxyl groups excluding tert-OH is 1. The average Bonchev–Trinajstić information content (AvgIpc) is 2.27. The first-order chi connectivity index (χ1) is 7.52. The SMILES string of the molecule is CC(O)CN(C)C(=O)C(C)C1CCOCC1. The quantitative estimate of drug-likeness (QED) is 0.779. The molecule has 0 spiro atoms. The lowest BCUT2D eigenvalue weighted by Crippen LogP contribution is -2.40. The number of aliphatic hydroxyl groups is 1. The summed E-state index contributed by atoms with van der Waals surface area (Å²) in [5.74, 6) is 0.596. The number of hydrogen-bond acceptors (Lipinski definition) is 3. The van der Waals surface area contributed by atoms with Gasteiger partial charge < -0.3 is 14.7 Å². The maximum atomic E-state index is 12.1. The van der Waals surface area contributed by atoms with Crippen LogP contribution in [0.4, 0.5) is 0 Å². The van der Waals surface area contributed by atoms with Crippen molar-refractivity contribution in [2.45, 2.75) is 32.8 Å². The van der Waals surface area contributed by atoms with Gasteiger partial charge in [0.15, 0.2) is 0 Å². The van der Waals surface area contributed by atoms with Crippen molar-refractivity contribution in [3.8, 4) is 0 Å². The van der Waals surface area contributed by atoms with Gasteiger partial charge in [0.05, 0.1) is 6.10 Å². The van der Waals surface area contributed by atoms with Gasteiger partial charge in [0.1, 0.15) is 0 Å². The van der Waals surface area contributed by atoms with Crippen LogP contribution in [0, 0.1) is 11.8 Å². The van der Waals surface area contributed by atoms with E-state index in [0.29, 0.717) is 12.5 Å². The van der Waals surface area contributed by atoms with E-state index in [2.05, 4.69) is 0 Å². The van der Waals surface area contributed by atoms with Crippen molar-refractivity contribution in [2.24, 2.45) is 11.8 Å². The van der Waals surface area contributed by atoms with Gasteiger partial charge in [-0.1, -0.05) is 6.92 Å². The van der Waals surface area contributed by atoms with Crippen molar-refractivity contribution in [3.63, 3.8) is 0 Å². The molecule has 0 aromatic rings. The van der Waals surface area contributed by atoms with Crippen LogP contribution in [-0.4, -0.2) is 48.8 Å². The molecule has 2 unspecified atom stereocenters. The van der Waals surface area contributed by atoms with Crippen LogP contribution in [0.25, 0.3) is 0 Å². The molecule has 0 bridgehead atoms. The van der Waals surface area contributed by atoms with E-state index in [1.165, 1.54) is 0 Å². The van der Waals surface area contributed by atoms with Crippen LogP contribution in [0.5, 0.6) is 0 Å². The summed E-state index contributed by atoms with van der Waals surface area (Å²) in [7, 11) is 1.75. The summed E-state index contributed by atoms with van der Waals surface area (Å²) in [6.07, 6.45) is 1.47. The predicted molar refractivity (Wildman–Crippen MR) is 62.0 cm³/mol. The zero-order valence-electron chi connectivity index (χ0n) is 10.5. The molecule has 2 atom stereocenters. The number of carbonyl (C=O) groups is 1. The van der Waals surface area contributed by atoms with Crippen molar-refractivity contribution in [2.75, 3.05) is 26.8 Å².